The van der Waals surface area contributed by atoms with E-state index in [1.165, 1.54) is 0 Å². The number of carboxylic acids is 1. The number of aliphatic carboxylic acids is 1. The van der Waals surface area contributed by atoms with Crippen LogP contribution in [-0.4, -0.2) is 23.0 Å². The van der Waals surface area contributed by atoms with Gasteiger partial charge in [0, 0.05) is 12.5 Å². The van der Waals surface area contributed by atoms with Gasteiger partial charge in [0.1, 0.15) is 0 Å². The smallest absolute Gasteiger partial charge is 0.310 e. The van der Waals surface area contributed by atoms with Crippen LogP contribution in [0, 0.1) is 11.3 Å². The quantitative estimate of drug-likeness (QED) is 0.823. The molecule has 0 aromatic heterocycles. The van der Waals surface area contributed by atoms with Crippen LogP contribution in [0.1, 0.15) is 64.7 Å². The molecule has 2 aliphatic rings. The Hall–Kier alpha value is -1.06. The first-order valence-corrected chi connectivity index (χ1v) is 7.55. The molecule has 1 amide bonds. The number of carboxylic acid groups (broad SMARTS) is 1. The molecule has 2 atom stereocenters. The van der Waals surface area contributed by atoms with Crippen LogP contribution in [0.3, 0.4) is 0 Å². The van der Waals surface area contributed by atoms with Gasteiger partial charge in [0.05, 0.1) is 5.41 Å². The van der Waals surface area contributed by atoms with Crippen LogP contribution in [0.4, 0.5) is 0 Å². The third-order valence-electron chi connectivity index (χ3n) is 4.82. The summed E-state index contributed by atoms with van der Waals surface area (Å²) in [6.45, 7) is 2.20. The van der Waals surface area contributed by atoms with E-state index in [1.54, 1.807) is 0 Å². The van der Waals surface area contributed by atoms with Crippen LogP contribution >= 0.6 is 0 Å². The highest BCUT2D eigenvalue weighted by atomic mass is 16.4. The molecular formula is C15H25NO3. The van der Waals surface area contributed by atoms with Gasteiger partial charge in [-0.25, -0.2) is 0 Å². The SMILES string of the molecule is CC1CCC(NC(=O)CC2(C(=O)O)CCCCC2)C1. The van der Waals surface area contributed by atoms with E-state index in [4.69, 9.17) is 0 Å². The molecule has 108 valence electrons. The summed E-state index contributed by atoms with van der Waals surface area (Å²) in [6.07, 6.45) is 7.64. The standard InChI is InChI=1S/C15H25NO3/c1-11-5-6-12(9-11)16-13(17)10-15(14(18)19)7-3-2-4-8-15/h11-12H,2-10H2,1H3,(H,16,17)(H,18,19). The predicted octanol–water partition coefficient (Wildman–Crippen LogP) is 2.72. The third-order valence-corrected chi connectivity index (χ3v) is 4.82. The Bertz CT molecular complexity index is 347. The van der Waals surface area contributed by atoms with E-state index in [1.807, 2.05) is 0 Å². The summed E-state index contributed by atoms with van der Waals surface area (Å²) >= 11 is 0. The maximum Gasteiger partial charge on any atom is 0.310 e. The van der Waals surface area contributed by atoms with E-state index >= 15 is 0 Å². The fraction of sp³-hybridized carbons (Fsp3) is 0.867. The van der Waals surface area contributed by atoms with Gasteiger partial charge >= 0.3 is 5.97 Å². The van der Waals surface area contributed by atoms with Gasteiger partial charge in [-0.1, -0.05) is 26.2 Å². The lowest BCUT2D eigenvalue weighted by Crippen LogP contribution is -2.41. The zero-order valence-corrected chi connectivity index (χ0v) is 11.8. The highest BCUT2D eigenvalue weighted by Gasteiger charge is 2.41. The number of amides is 1. The summed E-state index contributed by atoms with van der Waals surface area (Å²) in [7, 11) is 0. The number of nitrogens with one attached hydrogen (secondary N) is 1. The highest BCUT2D eigenvalue weighted by molar-refractivity contribution is 5.85. The fourth-order valence-electron chi connectivity index (χ4n) is 3.62. The molecule has 2 rings (SSSR count). The van der Waals surface area contributed by atoms with Crippen LogP contribution in [0.2, 0.25) is 0 Å². The van der Waals surface area contributed by atoms with E-state index in [0.717, 1.165) is 38.5 Å². The molecule has 0 aliphatic heterocycles. The van der Waals surface area contributed by atoms with Crippen molar-refractivity contribution in [2.24, 2.45) is 11.3 Å². The van der Waals surface area contributed by atoms with Gasteiger partial charge in [-0.05, 0) is 38.0 Å². The highest BCUT2D eigenvalue weighted by Crippen LogP contribution is 2.39. The molecule has 2 N–H and O–H groups in total. The number of hydrogen-bond donors (Lipinski definition) is 2. The van der Waals surface area contributed by atoms with E-state index in [9.17, 15) is 14.7 Å². The molecular weight excluding hydrogens is 242 g/mol. The normalized spacial score (nSPS) is 29.9. The zero-order valence-electron chi connectivity index (χ0n) is 11.8. The van der Waals surface area contributed by atoms with Crippen molar-refractivity contribution in [2.75, 3.05) is 0 Å². The minimum atomic E-state index is -0.799. The topological polar surface area (TPSA) is 66.4 Å². The molecule has 0 radical (unpaired) electrons. The summed E-state index contributed by atoms with van der Waals surface area (Å²) in [5.74, 6) is -0.182. The van der Waals surface area contributed by atoms with Gasteiger partial charge in [-0.15, -0.1) is 0 Å². The number of carbonyl (C=O) groups is 2. The summed E-state index contributed by atoms with van der Waals surface area (Å²) in [4.78, 5) is 23.6. The minimum absolute atomic E-state index is 0.0663. The first-order chi connectivity index (χ1) is 9.02. The average Bonchev–Trinajstić information content (AvgIpc) is 2.75. The second kappa shape index (κ2) is 5.93. The van der Waals surface area contributed by atoms with Crippen molar-refractivity contribution in [3.63, 3.8) is 0 Å². The van der Waals surface area contributed by atoms with Crippen LogP contribution in [-0.2, 0) is 9.59 Å². The first kappa shape index (κ1) is 14.4. The Morgan fingerprint density at radius 2 is 1.89 bits per heavy atom. The lowest BCUT2D eigenvalue weighted by Gasteiger charge is -2.32. The summed E-state index contributed by atoms with van der Waals surface area (Å²) in [5.41, 5.74) is -0.799. The zero-order chi connectivity index (χ0) is 13.9. The Labute approximate surface area is 115 Å². The van der Waals surface area contributed by atoms with Crippen LogP contribution in [0.25, 0.3) is 0 Å². The van der Waals surface area contributed by atoms with Crippen molar-refractivity contribution in [3.8, 4) is 0 Å². The lowest BCUT2D eigenvalue weighted by atomic mass is 9.71. The molecule has 0 bridgehead atoms. The average molecular weight is 267 g/mol. The van der Waals surface area contributed by atoms with Gasteiger partial charge in [0.2, 0.25) is 5.91 Å². The number of hydrogen-bond acceptors (Lipinski definition) is 2. The molecule has 4 nitrogen and oxygen atoms in total. The Morgan fingerprint density at radius 1 is 1.21 bits per heavy atom. The monoisotopic (exact) mass is 267 g/mol. The molecule has 2 unspecified atom stereocenters. The summed E-state index contributed by atoms with van der Waals surface area (Å²) in [6, 6.07) is 0.261. The maximum absolute atomic E-state index is 12.1. The second-order valence-corrected chi connectivity index (χ2v) is 6.51. The Kier molecular flexibility index (Phi) is 4.48. The lowest BCUT2D eigenvalue weighted by molar-refractivity contribution is -0.154. The van der Waals surface area contributed by atoms with Gasteiger partial charge in [-0.2, -0.15) is 0 Å². The van der Waals surface area contributed by atoms with Crippen molar-refractivity contribution < 1.29 is 14.7 Å². The van der Waals surface area contributed by atoms with E-state index in [2.05, 4.69) is 12.2 Å². The van der Waals surface area contributed by atoms with Gasteiger partial charge < -0.3 is 10.4 Å². The van der Waals surface area contributed by atoms with Crippen LogP contribution in [0.15, 0.2) is 0 Å². The van der Waals surface area contributed by atoms with Crippen molar-refractivity contribution in [3.05, 3.63) is 0 Å². The van der Waals surface area contributed by atoms with Crippen LogP contribution in [0.5, 0.6) is 0 Å². The van der Waals surface area contributed by atoms with Gasteiger partial charge in [0.15, 0.2) is 0 Å². The van der Waals surface area contributed by atoms with Gasteiger partial charge in [-0.3, -0.25) is 9.59 Å². The first-order valence-electron chi connectivity index (χ1n) is 7.55. The van der Waals surface area contributed by atoms with E-state index in [0.29, 0.717) is 18.8 Å². The molecule has 19 heavy (non-hydrogen) atoms. The van der Waals surface area contributed by atoms with Crippen molar-refractivity contribution in [1.29, 1.82) is 0 Å². The van der Waals surface area contributed by atoms with Gasteiger partial charge in [0.25, 0.3) is 0 Å². The summed E-state index contributed by atoms with van der Waals surface area (Å²) < 4.78 is 0. The predicted molar refractivity (Wildman–Crippen MR) is 72.7 cm³/mol. The number of carbonyl (C=O) groups excluding carboxylic acids is 1. The number of rotatable bonds is 4. The van der Waals surface area contributed by atoms with Crippen molar-refractivity contribution in [2.45, 2.75) is 70.8 Å². The molecule has 4 heteroatoms. The minimum Gasteiger partial charge on any atom is -0.481 e. The molecule has 2 aliphatic carbocycles. The third kappa shape index (κ3) is 3.48. The van der Waals surface area contributed by atoms with Crippen molar-refractivity contribution >= 4 is 11.9 Å². The molecule has 0 heterocycles. The molecule has 0 spiro atoms. The van der Waals surface area contributed by atoms with E-state index < -0.39 is 11.4 Å². The molecule has 0 saturated heterocycles. The summed E-state index contributed by atoms with van der Waals surface area (Å²) in [5, 5.41) is 12.5. The van der Waals surface area contributed by atoms with Crippen LogP contribution < -0.4 is 5.32 Å². The molecule has 2 saturated carbocycles. The second-order valence-electron chi connectivity index (χ2n) is 6.51. The van der Waals surface area contributed by atoms with E-state index in [-0.39, 0.29) is 18.4 Å². The van der Waals surface area contributed by atoms with Crippen molar-refractivity contribution in [1.82, 2.24) is 5.32 Å². The molecule has 0 aromatic rings. The largest absolute Gasteiger partial charge is 0.481 e. The Balaban J connectivity index is 1.90. The maximum atomic E-state index is 12.1. The Morgan fingerprint density at radius 3 is 2.42 bits per heavy atom. The fourth-order valence-corrected chi connectivity index (χ4v) is 3.62. The molecule has 2 fully saturated rings. The molecule has 0 aromatic carbocycles.